The van der Waals surface area contributed by atoms with E-state index >= 15 is 0 Å². The molecule has 0 radical (unpaired) electrons. The number of nitrogen functional groups attached to an aromatic ring is 1. The van der Waals surface area contributed by atoms with E-state index in [2.05, 4.69) is 27.6 Å². The van der Waals surface area contributed by atoms with Gasteiger partial charge < -0.3 is 19.9 Å². The standard InChI is InChI=1S/C15H22N4O/c1-3-20-13-6-4-5-12-14(13)17-15(16)19(12)10-9-18(2)11-7-8-11/h4-6,11H,3,7-10H2,1-2H3,(H2,16,17). The second kappa shape index (κ2) is 5.32. The summed E-state index contributed by atoms with van der Waals surface area (Å²) in [5, 5.41) is 0. The summed E-state index contributed by atoms with van der Waals surface area (Å²) < 4.78 is 7.70. The first-order chi connectivity index (χ1) is 9.70. The van der Waals surface area contributed by atoms with Gasteiger partial charge in [-0.1, -0.05) is 6.07 Å². The van der Waals surface area contributed by atoms with Crippen molar-refractivity contribution < 1.29 is 4.74 Å². The number of para-hydroxylation sites is 1. The number of hydrogen-bond acceptors (Lipinski definition) is 4. The molecule has 1 heterocycles. The molecule has 0 saturated heterocycles. The van der Waals surface area contributed by atoms with Crippen molar-refractivity contribution in [2.75, 3.05) is 25.9 Å². The Morgan fingerprint density at radius 2 is 2.25 bits per heavy atom. The van der Waals surface area contributed by atoms with Crippen molar-refractivity contribution >= 4 is 17.0 Å². The molecule has 1 fully saturated rings. The van der Waals surface area contributed by atoms with E-state index in [4.69, 9.17) is 10.5 Å². The van der Waals surface area contributed by atoms with Crippen molar-refractivity contribution in [2.24, 2.45) is 0 Å². The maximum absolute atomic E-state index is 6.07. The second-order valence-electron chi connectivity index (χ2n) is 5.39. The highest BCUT2D eigenvalue weighted by atomic mass is 16.5. The molecule has 0 aliphatic heterocycles. The number of aromatic nitrogens is 2. The van der Waals surface area contributed by atoms with Gasteiger partial charge in [0, 0.05) is 19.1 Å². The van der Waals surface area contributed by atoms with E-state index < -0.39 is 0 Å². The van der Waals surface area contributed by atoms with Crippen molar-refractivity contribution in [3.63, 3.8) is 0 Å². The van der Waals surface area contributed by atoms with Gasteiger partial charge in [-0.2, -0.15) is 0 Å². The molecule has 0 atom stereocenters. The topological polar surface area (TPSA) is 56.3 Å². The SMILES string of the molecule is CCOc1cccc2c1nc(N)n2CCN(C)C1CC1. The molecule has 0 amide bonds. The second-order valence-corrected chi connectivity index (χ2v) is 5.39. The fourth-order valence-corrected chi connectivity index (χ4v) is 2.60. The van der Waals surface area contributed by atoms with Gasteiger partial charge in [0.25, 0.3) is 0 Å². The molecule has 1 aliphatic carbocycles. The van der Waals surface area contributed by atoms with Crippen molar-refractivity contribution in [3.05, 3.63) is 18.2 Å². The number of nitrogens with two attached hydrogens (primary N) is 1. The number of likely N-dealkylation sites (N-methyl/N-ethyl adjacent to an activating group) is 1. The Bertz CT molecular complexity index is 603. The molecule has 0 bridgehead atoms. The summed E-state index contributed by atoms with van der Waals surface area (Å²) in [5.74, 6) is 1.38. The monoisotopic (exact) mass is 274 g/mol. The van der Waals surface area contributed by atoms with Gasteiger partial charge in [0.2, 0.25) is 5.95 Å². The number of nitrogens with zero attached hydrogens (tertiary/aromatic N) is 3. The molecular weight excluding hydrogens is 252 g/mol. The van der Waals surface area contributed by atoms with E-state index in [0.29, 0.717) is 12.6 Å². The van der Waals surface area contributed by atoms with E-state index in [1.54, 1.807) is 0 Å². The van der Waals surface area contributed by atoms with Gasteiger partial charge in [0.15, 0.2) is 0 Å². The van der Waals surface area contributed by atoms with Crippen LogP contribution in [0.15, 0.2) is 18.2 Å². The number of anilines is 1. The molecule has 1 aliphatic rings. The van der Waals surface area contributed by atoms with Crippen molar-refractivity contribution in [1.29, 1.82) is 0 Å². The summed E-state index contributed by atoms with van der Waals surface area (Å²) in [5.41, 5.74) is 7.99. The van der Waals surface area contributed by atoms with Crippen LogP contribution in [-0.2, 0) is 6.54 Å². The molecule has 2 N–H and O–H groups in total. The molecule has 0 unspecified atom stereocenters. The molecule has 108 valence electrons. The third kappa shape index (κ3) is 2.45. The van der Waals surface area contributed by atoms with E-state index in [0.717, 1.165) is 35.9 Å². The zero-order valence-electron chi connectivity index (χ0n) is 12.2. The summed E-state index contributed by atoms with van der Waals surface area (Å²) in [6.45, 7) is 4.48. The molecule has 5 nitrogen and oxygen atoms in total. The van der Waals surface area contributed by atoms with Crippen molar-refractivity contribution in [3.8, 4) is 5.75 Å². The quantitative estimate of drug-likeness (QED) is 0.876. The summed E-state index contributed by atoms with van der Waals surface area (Å²) in [6, 6.07) is 6.76. The lowest BCUT2D eigenvalue weighted by molar-refractivity contribution is 0.311. The van der Waals surface area contributed by atoms with Crippen LogP contribution < -0.4 is 10.5 Å². The third-order valence-electron chi connectivity index (χ3n) is 3.92. The Hall–Kier alpha value is -1.75. The normalized spacial score (nSPS) is 15.2. The highest BCUT2D eigenvalue weighted by molar-refractivity contribution is 5.84. The minimum absolute atomic E-state index is 0.566. The van der Waals surface area contributed by atoms with E-state index in [-0.39, 0.29) is 0 Å². The molecule has 5 heteroatoms. The molecule has 1 aromatic heterocycles. The predicted octanol–water partition coefficient (Wildman–Crippen LogP) is 2.11. The van der Waals surface area contributed by atoms with Gasteiger partial charge in [-0.15, -0.1) is 0 Å². The molecule has 1 aromatic carbocycles. The van der Waals surface area contributed by atoms with E-state index in [1.807, 2.05) is 19.1 Å². The molecule has 2 aromatic rings. The predicted molar refractivity (Wildman–Crippen MR) is 81.0 cm³/mol. The number of ether oxygens (including phenoxy) is 1. The molecule has 3 rings (SSSR count). The van der Waals surface area contributed by atoms with Crippen LogP contribution in [-0.4, -0.2) is 40.7 Å². The molecule has 20 heavy (non-hydrogen) atoms. The van der Waals surface area contributed by atoms with Gasteiger partial charge in [-0.05, 0) is 38.9 Å². The van der Waals surface area contributed by atoms with Gasteiger partial charge in [0.05, 0.1) is 12.1 Å². The Kier molecular flexibility index (Phi) is 3.53. The summed E-state index contributed by atoms with van der Waals surface area (Å²) in [7, 11) is 2.18. The Morgan fingerprint density at radius 1 is 1.45 bits per heavy atom. The van der Waals surface area contributed by atoms with Crippen LogP contribution in [0.1, 0.15) is 19.8 Å². The van der Waals surface area contributed by atoms with Crippen molar-refractivity contribution in [2.45, 2.75) is 32.4 Å². The average molecular weight is 274 g/mol. The van der Waals surface area contributed by atoms with Crippen LogP contribution in [0.5, 0.6) is 5.75 Å². The summed E-state index contributed by atoms with van der Waals surface area (Å²) in [4.78, 5) is 6.87. The lowest BCUT2D eigenvalue weighted by Crippen LogP contribution is -2.25. The van der Waals surface area contributed by atoms with E-state index in [9.17, 15) is 0 Å². The Balaban J connectivity index is 1.86. The van der Waals surface area contributed by atoms with Gasteiger partial charge in [-0.3, -0.25) is 0 Å². The first-order valence-electron chi connectivity index (χ1n) is 7.28. The van der Waals surface area contributed by atoms with Crippen LogP contribution in [0, 0.1) is 0 Å². The largest absolute Gasteiger partial charge is 0.492 e. The van der Waals surface area contributed by atoms with Crippen LogP contribution >= 0.6 is 0 Å². The highest BCUT2D eigenvalue weighted by Gasteiger charge is 2.25. The van der Waals surface area contributed by atoms with Gasteiger partial charge >= 0.3 is 0 Å². The fourth-order valence-electron chi connectivity index (χ4n) is 2.60. The number of hydrogen-bond donors (Lipinski definition) is 1. The molecular formula is C15H22N4O. The average Bonchev–Trinajstić information content (AvgIpc) is 3.22. The highest BCUT2D eigenvalue weighted by Crippen LogP contribution is 2.28. The zero-order valence-corrected chi connectivity index (χ0v) is 12.2. The molecule has 0 spiro atoms. The lowest BCUT2D eigenvalue weighted by atomic mass is 10.3. The molecule has 1 saturated carbocycles. The third-order valence-corrected chi connectivity index (χ3v) is 3.92. The van der Waals surface area contributed by atoms with Gasteiger partial charge in [-0.25, -0.2) is 4.98 Å². The first-order valence-corrected chi connectivity index (χ1v) is 7.28. The minimum Gasteiger partial charge on any atom is -0.492 e. The summed E-state index contributed by atoms with van der Waals surface area (Å²) in [6.07, 6.45) is 2.65. The number of imidazole rings is 1. The van der Waals surface area contributed by atoms with Crippen molar-refractivity contribution in [1.82, 2.24) is 14.5 Å². The lowest BCUT2D eigenvalue weighted by Gasteiger charge is -2.16. The van der Waals surface area contributed by atoms with E-state index in [1.165, 1.54) is 12.8 Å². The van der Waals surface area contributed by atoms with Crippen LogP contribution in [0.2, 0.25) is 0 Å². The maximum Gasteiger partial charge on any atom is 0.201 e. The van der Waals surface area contributed by atoms with Gasteiger partial charge in [0.1, 0.15) is 11.3 Å². The first kappa shape index (κ1) is 13.2. The number of fused-ring (bicyclic) bond motifs is 1. The smallest absolute Gasteiger partial charge is 0.201 e. The van der Waals surface area contributed by atoms with Crippen LogP contribution in [0.3, 0.4) is 0 Å². The Labute approximate surface area is 119 Å². The summed E-state index contributed by atoms with van der Waals surface area (Å²) >= 11 is 0. The zero-order chi connectivity index (χ0) is 14.1. The number of benzene rings is 1. The minimum atomic E-state index is 0.566. The fraction of sp³-hybridized carbons (Fsp3) is 0.533. The van der Waals surface area contributed by atoms with Crippen LogP contribution in [0.4, 0.5) is 5.95 Å². The Morgan fingerprint density at radius 3 is 2.95 bits per heavy atom. The maximum atomic E-state index is 6.07. The van der Waals surface area contributed by atoms with Crippen LogP contribution in [0.25, 0.3) is 11.0 Å². The number of rotatable bonds is 6.